The normalized spacial score (nSPS) is 12.1. The second-order valence-electron chi connectivity index (χ2n) is 7.24. The minimum atomic E-state index is -4.08. The first-order valence-corrected chi connectivity index (χ1v) is 12.1. The van der Waals surface area contributed by atoms with Gasteiger partial charge in [-0.15, -0.1) is 0 Å². The number of hydrogen-bond acceptors (Lipinski definition) is 5. The van der Waals surface area contributed by atoms with Gasteiger partial charge < -0.3 is 10.1 Å². The van der Waals surface area contributed by atoms with Gasteiger partial charge in [0.15, 0.2) is 6.04 Å². The van der Waals surface area contributed by atoms with Crippen molar-refractivity contribution in [2.24, 2.45) is 0 Å². The van der Waals surface area contributed by atoms with Crippen molar-refractivity contribution < 1.29 is 17.9 Å². The van der Waals surface area contributed by atoms with E-state index >= 15 is 0 Å². The Hall–Kier alpha value is -3.82. The number of halogens is 1. The largest absolute Gasteiger partial charge is 0.495 e. The Morgan fingerprint density at radius 1 is 1.03 bits per heavy atom. The van der Waals surface area contributed by atoms with Crippen LogP contribution < -0.4 is 14.8 Å². The average Bonchev–Trinajstić information content (AvgIpc) is 3.35. The third kappa shape index (κ3) is 5.05. The lowest BCUT2D eigenvalue weighted by Gasteiger charge is -2.19. The zero-order chi connectivity index (χ0) is 24.1. The van der Waals surface area contributed by atoms with Gasteiger partial charge in [0.05, 0.1) is 17.8 Å². The number of ether oxygens (including phenoxy) is 1. The topological polar surface area (TPSA) is 102 Å². The molecule has 0 aliphatic heterocycles. The highest BCUT2D eigenvalue weighted by molar-refractivity contribution is 7.92. The molecule has 34 heavy (non-hydrogen) atoms. The smallest absolute Gasteiger partial charge is 0.265 e. The summed E-state index contributed by atoms with van der Waals surface area (Å²) in [5.74, 6) is -0.272. The Morgan fingerprint density at radius 3 is 2.44 bits per heavy atom. The number of carbonyl (C=O) groups is 1. The number of anilines is 2. The number of nitrogens with zero attached hydrogens (tertiary/aromatic N) is 2. The summed E-state index contributed by atoms with van der Waals surface area (Å²) in [6.07, 6.45) is 3.27. The predicted octanol–water partition coefficient (Wildman–Crippen LogP) is 4.57. The predicted molar refractivity (Wildman–Crippen MR) is 131 cm³/mol. The van der Waals surface area contributed by atoms with Crippen LogP contribution in [0.5, 0.6) is 5.75 Å². The van der Waals surface area contributed by atoms with Crippen LogP contribution in [0.4, 0.5) is 11.4 Å². The van der Waals surface area contributed by atoms with Crippen molar-refractivity contribution in [3.8, 4) is 5.75 Å². The van der Waals surface area contributed by atoms with Crippen LogP contribution in [0.15, 0.2) is 96.2 Å². The molecule has 174 valence electrons. The lowest BCUT2D eigenvalue weighted by Crippen LogP contribution is -2.27. The molecule has 0 aliphatic rings. The second-order valence-corrected chi connectivity index (χ2v) is 9.30. The minimum Gasteiger partial charge on any atom is -0.495 e. The van der Waals surface area contributed by atoms with Gasteiger partial charge in [-0.05, 0) is 42.0 Å². The van der Waals surface area contributed by atoms with Gasteiger partial charge in [-0.2, -0.15) is 5.10 Å². The number of amides is 1. The van der Waals surface area contributed by atoms with E-state index in [-0.39, 0.29) is 32.9 Å². The van der Waals surface area contributed by atoms with E-state index in [1.165, 1.54) is 23.9 Å². The Kier molecular flexibility index (Phi) is 6.85. The average molecular weight is 497 g/mol. The molecule has 3 aromatic carbocycles. The van der Waals surface area contributed by atoms with Gasteiger partial charge in [0.2, 0.25) is 0 Å². The van der Waals surface area contributed by atoms with Gasteiger partial charge in [0.25, 0.3) is 15.9 Å². The SMILES string of the molecule is COc1ccc(NC(=O)C(c2ccccc2)n2cccn2)cc1S(=O)(=O)Nc1ccccc1Cl. The zero-order valence-corrected chi connectivity index (χ0v) is 19.6. The van der Waals surface area contributed by atoms with Gasteiger partial charge in [-0.3, -0.25) is 14.2 Å². The van der Waals surface area contributed by atoms with Gasteiger partial charge >= 0.3 is 0 Å². The molecule has 1 amide bonds. The molecule has 4 rings (SSSR count). The summed E-state index contributed by atoms with van der Waals surface area (Å²) in [4.78, 5) is 13.1. The molecule has 1 atom stereocenters. The molecular formula is C24H21ClN4O4S. The zero-order valence-electron chi connectivity index (χ0n) is 18.1. The number of carbonyl (C=O) groups excluding carboxylic acids is 1. The first-order valence-electron chi connectivity index (χ1n) is 10.2. The van der Waals surface area contributed by atoms with Gasteiger partial charge in [-0.25, -0.2) is 8.42 Å². The fourth-order valence-corrected chi connectivity index (χ4v) is 4.93. The number of benzene rings is 3. The van der Waals surface area contributed by atoms with Gasteiger partial charge in [-0.1, -0.05) is 54.1 Å². The maximum Gasteiger partial charge on any atom is 0.265 e. The molecule has 0 saturated carbocycles. The van der Waals surface area contributed by atoms with Crippen molar-refractivity contribution >= 4 is 38.9 Å². The van der Waals surface area contributed by atoms with Crippen LogP contribution in [0.1, 0.15) is 11.6 Å². The fourth-order valence-electron chi connectivity index (χ4n) is 3.41. The van der Waals surface area contributed by atoms with E-state index in [1.54, 1.807) is 48.8 Å². The third-order valence-electron chi connectivity index (χ3n) is 4.99. The maximum absolute atomic E-state index is 13.3. The van der Waals surface area contributed by atoms with Crippen LogP contribution >= 0.6 is 11.6 Å². The molecule has 0 saturated heterocycles. The van der Waals surface area contributed by atoms with Crippen molar-refractivity contribution in [1.29, 1.82) is 0 Å². The van der Waals surface area contributed by atoms with E-state index in [2.05, 4.69) is 15.1 Å². The molecule has 0 spiro atoms. The van der Waals surface area contributed by atoms with Crippen molar-refractivity contribution in [1.82, 2.24) is 9.78 Å². The first kappa shape index (κ1) is 23.3. The fraction of sp³-hybridized carbons (Fsp3) is 0.0833. The highest BCUT2D eigenvalue weighted by Gasteiger charge is 2.25. The van der Waals surface area contributed by atoms with E-state index in [0.29, 0.717) is 0 Å². The molecule has 1 unspecified atom stereocenters. The van der Waals surface area contributed by atoms with E-state index in [9.17, 15) is 13.2 Å². The minimum absolute atomic E-state index is 0.115. The molecule has 1 heterocycles. The number of sulfonamides is 1. The molecule has 8 nitrogen and oxygen atoms in total. The van der Waals surface area contributed by atoms with Crippen LogP contribution in [0, 0.1) is 0 Å². The molecule has 0 fully saturated rings. The lowest BCUT2D eigenvalue weighted by molar-refractivity contribution is -0.118. The summed E-state index contributed by atoms with van der Waals surface area (Å²) < 4.78 is 35.5. The summed E-state index contributed by atoms with van der Waals surface area (Å²) in [7, 11) is -2.71. The maximum atomic E-state index is 13.3. The van der Waals surface area contributed by atoms with E-state index in [0.717, 1.165) is 5.56 Å². The Bertz CT molecular complexity index is 1390. The second kappa shape index (κ2) is 9.98. The van der Waals surface area contributed by atoms with E-state index in [4.69, 9.17) is 16.3 Å². The lowest BCUT2D eigenvalue weighted by atomic mass is 10.1. The van der Waals surface area contributed by atoms with E-state index in [1.807, 2.05) is 30.3 Å². The molecular weight excluding hydrogens is 476 g/mol. The summed E-state index contributed by atoms with van der Waals surface area (Å²) in [6.45, 7) is 0. The van der Waals surface area contributed by atoms with Crippen LogP contribution in [0.25, 0.3) is 0 Å². The van der Waals surface area contributed by atoms with Gasteiger partial charge in [0.1, 0.15) is 10.6 Å². The Morgan fingerprint density at radius 2 is 1.76 bits per heavy atom. The molecule has 0 bridgehead atoms. The molecule has 1 aromatic heterocycles. The number of nitrogens with one attached hydrogen (secondary N) is 2. The number of rotatable bonds is 8. The highest BCUT2D eigenvalue weighted by atomic mass is 35.5. The van der Waals surface area contributed by atoms with Crippen molar-refractivity contribution in [3.63, 3.8) is 0 Å². The summed E-state index contributed by atoms with van der Waals surface area (Å²) >= 11 is 6.11. The molecule has 2 N–H and O–H groups in total. The summed E-state index contributed by atoms with van der Waals surface area (Å²) in [5, 5.41) is 7.26. The van der Waals surface area contributed by atoms with E-state index < -0.39 is 16.1 Å². The van der Waals surface area contributed by atoms with Crippen LogP contribution in [-0.4, -0.2) is 31.2 Å². The van der Waals surface area contributed by atoms with Crippen molar-refractivity contribution in [2.75, 3.05) is 17.1 Å². The highest BCUT2D eigenvalue weighted by Crippen LogP contribution is 2.31. The quantitative estimate of drug-likeness (QED) is 0.372. The first-order chi connectivity index (χ1) is 16.4. The number of methoxy groups -OCH3 is 1. The third-order valence-corrected chi connectivity index (χ3v) is 6.71. The number of aromatic nitrogens is 2. The Labute approximate surface area is 202 Å². The monoisotopic (exact) mass is 496 g/mol. The van der Waals surface area contributed by atoms with Crippen LogP contribution in [-0.2, 0) is 14.8 Å². The number of hydrogen-bond donors (Lipinski definition) is 2. The van der Waals surface area contributed by atoms with Crippen LogP contribution in [0.3, 0.4) is 0 Å². The van der Waals surface area contributed by atoms with Crippen LogP contribution in [0.2, 0.25) is 5.02 Å². The van der Waals surface area contributed by atoms with Gasteiger partial charge in [0, 0.05) is 18.1 Å². The van der Waals surface area contributed by atoms with Crippen molar-refractivity contribution in [3.05, 3.63) is 102 Å². The summed E-state index contributed by atoms with van der Waals surface area (Å²) in [6, 6.07) is 21.0. The summed E-state index contributed by atoms with van der Waals surface area (Å²) in [5.41, 5.74) is 1.23. The molecule has 0 aliphatic carbocycles. The number of para-hydroxylation sites is 1. The van der Waals surface area contributed by atoms with Crippen molar-refractivity contribution in [2.45, 2.75) is 10.9 Å². The molecule has 4 aromatic rings. The molecule has 10 heteroatoms. The molecule has 0 radical (unpaired) electrons. The Balaban J connectivity index is 1.66. The standard InChI is InChI=1S/C24H21ClN4O4S/c1-33-21-13-12-18(16-22(21)34(31,32)28-20-11-6-5-10-19(20)25)27-24(30)23(29-15-7-14-26-29)17-8-3-2-4-9-17/h2-16,23,28H,1H3,(H,27,30).